The van der Waals surface area contributed by atoms with Crippen LogP contribution >= 0.6 is 0 Å². The van der Waals surface area contributed by atoms with Crippen LogP contribution in [-0.2, 0) is 14.6 Å². The molecule has 1 aromatic heterocycles. The predicted molar refractivity (Wildman–Crippen MR) is 95.0 cm³/mol. The average Bonchev–Trinajstić information content (AvgIpc) is 3.12. The number of amides is 1. The van der Waals surface area contributed by atoms with E-state index in [1.165, 1.54) is 17.0 Å². The van der Waals surface area contributed by atoms with E-state index in [1.807, 2.05) is 0 Å². The predicted octanol–water partition coefficient (Wildman–Crippen LogP) is 2.36. The highest BCUT2D eigenvalue weighted by Crippen LogP contribution is 2.25. The minimum absolute atomic E-state index is 0.0694. The zero-order valence-corrected chi connectivity index (χ0v) is 15.8. The molecule has 1 N–H and O–H groups in total. The Bertz CT molecular complexity index is 901. The number of piperidine rings is 1. The van der Waals surface area contributed by atoms with E-state index in [2.05, 4.69) is 10.1 Å². The van der Waals surface area contributed by atoms with E-state index in [4.69, 9.17) is 14.4 Å². The Hall–Kier alpha value is -2.46. The molecular formula is C17H21N3O6S. The molecule has 0 bridgehead atoms. The molecule has 0 saturated carbocycles. The Labute approximate surface area is 156 Å². The van der Waals surface area contributed by atoms with Gasteiger partial charge in [-0.15, -0.1) is 0 Å². The molecule has 9 nitrogen and oxygen atoms in total. The van der Waals surface area contributed by atoms with Gasteiger partial charge in [-0.05, 0) is 44.0 Å². The molecule has 1 saturated heterocycles. The van der Waals surface area contributed by atoms with Gasteiger partial charge in [0.25, 0.3) is 5.89 Å². The van der Waals surface area contributed by atoms with Crippen LogP contribution in [0.25, 0.3) is 11.4 Å². The Balaban J connectivity index is 1.62. The van der Waals surface area contributed by atoms with E-state index in [1.54, 1.807) is 19.1 Å². The SMILES string of the molecule is CC(OC1CCN(C(=O)O)CC1)c1nc(-c2ccc(S(C)(=O)=O)cc2)no1. The number of likely N-dealkylation sites (tertiary alicyclic amines) is 1. The first kappa shape index (κ1) is 19.3. The van der Waals surface area contributed by atoms with Crippen molar-refractivity contribution in [2.75, 3.05) is 19.3 Å². The van der Waals surface area contributed by atoms with E-state index < -0.39 is 22.0 Å². The van der Waals surface area contributed by atoms with Crippen LogP contribution in [-0.4, -0.2) is 60.1 Å². The second-order valence-corrected chi connectivity index (χ2v) is 8.52. The van der Waals surface area contributed by atoms with Crippen molar-refractivity contribution in [3.63, 3.8) is 0 Å². The highest BCUT2D eigenvalue weighted by atomic mass is 32.2. The Morgan fingerprint density at radius 2 is 1.93 bits per heavy atom. The highest BCUT2D eigenvalue weighted by molar-refractivity contribution is 7.90. The monoisotopic (exact) mass is 395 g/mol. The fourth-order valence-electron chi connectivity index (χ4n) is 2.90. The highest BCUT2D eigenvalue weighted by Gasteiger charge is 2.26. The number of hydrogen-bond donors (Lipinski definition) is 1. The molecule has 0 aliphatic carbocycles. The summed E-state index contributed by atoms with van der Waals surface area (Å²) in [6.45, 7) is 2.68. The van der Waals surface area contributed by atoms with E-state index >= 15 is 0 Å². The topological polar surface area (TPSA) is 123 Å². The third kappa shape index (κ3) is 4.64. The lowest BCUT2D eigenvalue weighted by Crippen LogP contribution is -2.40. The number of nitrogens with zero attached hydrogens (tertiary/aromatic N) is 3. The van der Waals surface area contributed by atoms with E-state index in [-0.39, 0.29) is 11.0 Å². The number of ether oxygens (including phenoxy) is 1. The number of sulfone groups is 1. The minimum Gasteiger partial charge on any atom is -0.465 e. The van der Waals surface area contributed by atoms with Gasteiger partial charge in [-0.2, -0.15) is 4.98 Å². The largest absolute Gasteiger partial charge is 0.465 e. The molecule has 1 fully saturated rings. The van der Waals surface area contributed by atoms with Gasteiger partial charge in [0.2, 0.25) is 5.82 Å². The fraction of sp³-hybridized carbons (Fsp3) is 0.471. The zero-order valence-electron chi connectivity index (χ0n) is 15.0. The van der Waals surface area contributed by atoms with Crippen molar-refractivity contribution in [2.45, 2.75) is 36.9 Å². The van der Waals surface area contributed by atoms with Crippen molar-refractivity contribution in [1.29, 1.82) is 0 Å². The van der Waals surface area contributed by atoms with Crippen molar-refractivity contribution >= 4 is 15.9 Å². The number of carbonyl (C=O) groups is 1. The van der Waals surface area contributed by atoms with Crippen molar-refractivity contribution in [2.24, 2.45) is 0 Å². The molecule has 1 amide bonds. The number of aromatic nitrogens is 2. The van der Waals surface area contributed by atoms with Crippen LogP contribution in [0, 0.1) is 0 Å². The number of rotatable bonds is 5. The number of benzene rings is 1. The van der Waals surface area contributed by atoms with Crippen LogP contribution in [0.2, 0.25) is 0 Å². The van der Waals surface area contributed by atoms with Crippen LogP contribution in [0.15, 0.2) is 33.7 Å². The molecule has 0 spiro atoms. The minimum atomic E-state index is -3.26. The van der Waals surface area contributed by atoms with Crippen molar-refractivity contribution in [3.8, 4) is 11.4 Å². The van der Waals surface area contributed by atoms with Gasteiger partial charge < -0.3 is 19.3 Å². The first-order valence-corrected chi connectivity index (χ1v) is 10.4. The summed E-state index contributed by atoms with van der Waals surface area (Å²) >= 11 is 0. The maximum atomic E-state index is 11.5. The number of hydrogen-bond acceptors (Lipinski definition) is 7. The van der Waals surface area contributed by atoms with Crippen LogP contribution in [0.3, 0.4) is 0 Å². The smallest absolute Gasteiger partial charge is 0.407 e. The first-order chi connectivity index (χ1) is 12.7. The lowest BCUT2D eigenvalue weighted by Gasteiger charge is -2.30. The lowest BCUT2D eigenvalue weighted by atomic mass is 10.1. The fourth-order valence-corrected chi connectivity index (χ4v) is 3.53. The Kier molecular flexibility index (Phi) is 5.47. The van der Waals surface area contributed by atoms with Gasteiger partial charge in [0.05, 0.1) is 11.0 Å². The summed E-state index contributed by atoms with van der Waals surface area (Å²) in [5.74, 6) is 0.666. The van der Waals surface area contributed by atoms with Crippen molar-refractivity contribution < 1.29 is 27.6 Å². The molecule has 27 heavy (non-hydrogen) atoms. The van der Waals surface area contributed by atoms with Crippen LogP contribution in [0.5, 0.6) is 0 Å². The molecule has 2 heterocycles. The summed E-state index contributed by atoms with van der Waals surface area (Å²) in [5.41, 5.74) is 0.638. The molecular weight excluding hydrogens is 374 g/mol. The van der Waals surface area contributed by atoms with Gasteiger partial charge in [0.1, 0.15) is 6.10 Å². The molecule has 3 rings (SSSR count). The van der Waals surface area contributed by atoms with Crippen LogP contribution < -0.4 is 0 Å². The van der Waals surface area contributed by atoms with Gasteiger partial charge in [0.15, 0.2) is 9.84 Å². The first-order valence-electron chi connectivity index (χ1n) is 8.51. The molecule has 2 aromatic rings. The third-order valence-corrected chi connectivity index (χ3v) is 5.57. The Morgan fingerprint density at radius 1 is 1.30 bits per heavy atom. The van der Waals surface area contributed by atoms with Gasteiger partial charge in [-0.25, -0.2) is 13.2 Å². The van der Waals surface area contributed by atoms with Gasteiger partial charge >= 0.3 is 6.09 Å². The van der Waals surface area contributed by atoms with E-state index in [0.717, 1.165) is 6.26 Å². The maximum Gasteiger partial charge on any atom is 0.407 e. The summed E-state index contributed by atoms with van der Waals surface area (Å²) in [4.78, 5) is 16.9. The molecule has 1 unspecified atom stereocenters. The van der Waals surface area contributed by atoms with Gasteiger partial charge in [-0.3, -0.25) is 0 Å². The van der Waals surface area contributed by atoms with Crippen molar-refractivity contribution in [1.82, 2.24) is 15.0 Å². The van der Waals surface area contributed by atoms with Crippen molar-refractivity contribution in [3.05, 3.63) is 30.2 Å². The second kappa shape index (κ2) is 7.65. The van der Waals surface area contributed by atoms with Crippen LogP contribution in [0.1, 0.15) is 31.8 Å². The molecule has 146 valence electrons. The molecule has 10 heteroatoms. The molecule has 1 atom stereocenters. The van der Waals surface area contributed by atoms with E-state index in [0.29, 0.717) is 43.2 Å². The number of carboxylic acid groups (broad SMARTS) is 1. The third-order valence-electron chi connectivity index (χ3n) is 4.44. The normalized spacial score (nSPS) is 17.0. The quantitative estimate of drug-likeness (QED) is 0.818. The summed E-state index contributed by atoms with van der Waals surface area (Å²) in [6.07, 6.45) is 0.969. The molecule has 1 aliphatic rings. The lowest BCUT2D eigenvalue weighted by molar-refractivity contribution is -0.0451. The van der Waals surface area contributed by atoms with E-state index in [9.17, 15) is 13.2 Å². The summed E-state index contributed by atoms with van der Waals surface area (Å²) in [7, 11) is -3.26. The summed E-state index contributed by atoms with van der Waals surface area (Å²) < 4.78 is 34.2. The molecule has 1 aliphatic heterocycles. The second-order valence-electron chi connectivity index (χ2n) is 6.50. The molecule has 1 aromatic carbocycles. The average molecular weight is 395 g/mol. The Morgan fingerprint density at radius 3 is 2.48 bits per heavy atom. The van der Waals surface area contributed by atoms with Gasteiger partial charge in [-0.1, -0.05) is 5.16 Å². The summed E-state index contributed by atoms with van der Waals surface area (Å²) in [5, 5.41) is 12.9. The maximum absolute atomic E-state index is 11.5. The van der Waals surface area contributed by atoms with Gasteiger partial charge in [0, 0.05) is 24.9 Å². The summed E-state index contributed by atoms with van der Waals surface area (Å²) in [6, 6.07) is 6.24. The van der Waals surface area contributed by atoms with Crippen LogP contribution in [0.4, 0.5) is 4.79 Å². The zero-order chi connectivity index (χ0) is 19.6. The standard InChI is InChI=1S/C17H21N3O6S/c1-11(25-13-7-9-20(10-8-13)17(21)22)16-18-15(19-26-16)12-3-5-14(6-4-12)27(2,23)24/h3-6,11,13H,7-10H2,1-2H3,(H,21,22). The molecule has 0 radical (unpaired) electrons.